The van der Waals surface area contributed by atoms with Crippen molar-refractivity contribution in [1.29, 1.82) is 0 Å². The molecule has 0 spiro atoms. The first-order valence-electron chi connectivity index (χ1n) is 2.59. The highest BCUT2D eigenvalue weighted by Gasteiger charge is 2.04. The summed E-state index contributed by atoms with van der Waals surface area (Å²) < 4.78 is 19.8. The number of hydrogen-bond acceptors (Lipinski definition) is 5. The molecule has 11 heavy (non-hydrogen) atoms. The van der Waals surface area contributed by atoms with Crippen LogP contribution in [-0.2, 0) is 4.79 Å². The summed E-state index contributed by atoms with van der Waals surface area (Å²) >= 11 is 0.725. The third-order valence-electron chi connectivity index (χ3n) is 0.721. The molecule has 0 atom stereocenters. The fourth-order valence-electron chi connectivity index (χ4n) is 0.384. The zero-order valence-corrected chi connectivity index (χ0v) is 6.10. The second-order valence-electron chi connectivity index (χ2n) is 1.58. The lowest BCUT2D eigenvalue weighted by Gasteiger charge is -1.94. The molecule has 5 nitrogen and oxygen atoms in total. The second kappa shape index (κ2) is 3.24. The number of carbonyl (C=O) groups is 1. The molecule has 1 rings (SSSR count). The molecule has 7 heteroatoms. The van der Waals surface area contributed by atoms with Crippen molar-refractivity contribution >= 4 is 17.4 Å². The Kier molecular flexibility index (Phi) is 2.32. The first-order valence-corrected chi connectivity index (χ1v) is 3.36. The molecule has 0 saturated carbocycles. The topological polar surface area (TPSA) is 78.1 Å². The van der Waals surface area contributed by atoms with Crippen molar-refractivity contribution in [2.75, 3.05) is 6.61 Å². The summed E-state index contributed by atoms with van der Waals surface area (Å²) in [6.45, 7) is -0.311. The van der Waals surface area contributed by atoms with Gasteiger partial charge in [0.25, 0.3) is 11.1 Å². The van der Waals surface area contributed by atoms with Crippen LogP contribution in [0.4, 0.5) is 4.39 Å². The van der Waals surface area contributed by atoms with Gasteiger partial charge in [0.2, 0.25) is 0 Å². The van der Waals surface area contributed by atoms with Gasteiger partial charge in [-0.3, -0.25) is 4.79 Å². The zero-order valence-electron chi connectivity index (χ0n) is 5.28. The molecule has 0 aliphatic carbocycles. The second-order valence-corrected chi connectivity index (χ2v) is 2.30. The van der Waals surface area contributed by atoms with Crippen LogP contribution in [0.25, 0.3) is 0 Å². The molecule has 1 aromatic heterocycles. The molecule has 1 aromatic rings. The lowest BCUT2D eigenvalue weighted by atomic mass is 10.7. The Labute approximate surface area is 65.2 Å². The van der Waals surface area contributed by atoms with E-state index in [1.165, 1.54) is 0 Å². The zero-order chi connectivity index (χ0) is 8.27. The van der Waals surface area contributed by atoms with Gasteiger partial charge in [0.05, 0.1) is 0 Å². The minimum Gasteiger partial charge on any atom is -0.459 e. The molecule has 0 bridgehead atoms. The first kappa shape index (κ1) is 7.86. The predicted octanol–water partition coefficient (Wildman–Crippen LogP) is -0.459. The molecule has 0 saturated heterocycles. The van der Waals surface area contributed by atoms with Crippen molar-refractivity contribution in [2.45, 2.75) is 0 Å². The fraction of sp³-hybridized carbons (Fsp3) is 0.250. The first-order chi connectivity index (χ1) is 5.18. The number of aromatic nitrogens is 2. The fourth-order valence-corrected chi connectivity index (χ4v) is 0.806. The van der Waals surface area contributed by atoms with Crippen LogP contribution in [0, 0.1) is 6.08 Å². The SMILES string of the molecule is NC(=O)COc1nc(F)ns1. The van der Waals surface area contributed by atoms with Gasteiger partial charge in [-0.15, -0.1) is 4.37 Å². The van der Waals surface area contributed by atoms with E-state index in [2.05, 4.69) is 14.1 Å². The van der Waals surface area contributed by atoms with Crippen molar-refractivity contribution in [1.82, 2.24) is 9.36 Å². The molecular weight excluding hydrogens is 173 g/mol. The van der Waals surface area contributed by atoms with Gasteiger partial charge in [0.15, 0.2) is 6.61 Å². The Morgan fingerprint density at radius 1 is 1.82 bits per heavy atom. The molecule has 0 radical (unpaired) electrons. The summed E-state index contributed by atoms with van der Waals surface area (Å²) in [6.07, 6.45) is -0.866. The highest BCUT2D eigenvalue weighted by molar-refractivity contribution is 7.07. The molecule has 2 N–H and O–H groups in total. The highest BCUT2D eigenvalue weighted by Crippen LogP contribution is 2.11. The van der Waals surface area contributed by atoms with Crippen molar-refractivity contribution < 1.29 is 13.9 Å². The number of hydrogen-bond donors (Lipinski definition) is 1. The van der Waals surface area contributed by atoms with E-state index >= 15 is 0 Å². The molecule has 0 fully saturated rings. The maximum atomic E-state index is 12.0. The lowest BCUT2D eigenvalue weighted by Crippen LogP contribution is -2.19. The van der Waals surface area contributed by atoms with Gasteiger partial charge in [-0.05, 0) is 0 Å². The van der Waals surface area contributed by atoms with E-state index in [-0.39, 0.29) is 11.8 Å². The number of nitrogens with two attached hydrogens (primary N) is 1. The van der Waals surface area contributed by atoms with Crippen LogP contribution in [0.15, 0.2) is 0 Å². The molecule has 0 aromatic carbocycles. The quantitative estimate of drug-likeness (QED) is 0.677. The standard InChI is InChI=1S/C4H4FN3O2S/c5-3-7-4(11-8-3)10-1-2(6)9/h1H2,(H2,6,9). The van der Waals surface area contributed by atoms with Crippen LogP contribution in [0.3, 0.4) is 0 Å². The van der Waals surface area contributed by atoms with Gasteiger partial charge in [0.1, 0.15) is 0 Å². The molecule has 60 valence electrons. The Morgan fingerprint density at radius 2 is 2.55 bits per heavy atom. The maximum Gasteiger partial charge on any atom is 0.323 e. The smallest absolute Gasteiger partial charge is 0.323 e. The van der Waals surface area contributed by atoms with E-state index < -0.39 is 12.0 Å². The molecular formula is C4H4FN3O2S. The summed E-state index contributed by atoms with van der Waals surface area (Å²) in [6, 6.07) is 0. The predicted molar refractivity (Wildman–Crippen MR) is 34.6 cm³/mol. The summed E-state index contributed by atoms with van der Waals surface area (Å²) in [7, 11) is 0. The number of nitrogens with zero attached hydrogens (tertiary/aromatic N) is 2. The summed E-state index contributed by atoms with van der Waals surface area (Å²) in [5, 5.41) is 0.00120. The molecule has 0 aliphatic rings. The third kappa shape index (κ3) is 2.46. The molecule has 0 unspecified atom stereocenters. The maximum absolute atomic E-state index is 12.0. The van der Waals surface area contributed by atoms with Gasteiger partial charge in [0, 0.05) is 11.5 Å². The van der Waals surface area contributed by atoms with E-state index in [9.17, 15) is 9.18 Å². The number of carbonyl (C=O) groups excluding carboxylic acids is 1. The number of rotatable bonds is 3. The van der Waals surface area contributed by atoms with Crippen molar-refractivity contribution in [3.05, 3.63) is 6.08 Å². The minimum absolute atomic E-state index is 0.00120. The third-order valence-corrected chi connectivity index (χ3v) is 1.33. The van der Waals surface area contributed by atoms with E-state index in [0.717, 1.165) is 11.5 Å². The molecule has 1 amide bonds. The minimum atomic E-state index is -0.866. The van der Waals surface area contributed by atoms with E-state index in [1.54, 1.807) is 0 Å². The van der Waals surface area contributed by atoms with E-state index in [0.29, 0.717) is 0 Å². The Bertz CT molecular complexity index is 264. The normalized spacial score (nSPS) is 9.55. The number of primary amides is 1. The monoisotopic (exact) mass is 177 g/mol. The van der Waals surface area contributed by atoms with Crippen LogP contribution in [-0.4, -0.2) is 21.9 Å². The van der Waals surface area contributed by atoms with Gasteiger partial charge in [-0.1, -0.05) is 0 Å². The van der Waals surface area contributed by atoms with E-state index in [4.69, 9.17) is 5.73 Å². The van der Waals surface area contributed by atoms with Crippen LogP contribution in [0.1, 0.15) is 0 Å². The van der Waals surface area contributed by atoms with Crippen molar-refractivity contribution in [3.63, 3.8) is 0 Å². The van der Waals surface area contributed by atoms with Crippen molar-refractivity contribution in [3.8, 4) is 5.19 Å². The van der Waals surface area contributed by atoms with Crippen LogP contribution >= 0.6 is 11.5 Å². The molecule has 1 heterocycles. The highest BCUT2D eigenvalue weighted by atomic mass is 32.1. The Hall–Kier alpha value is -1.24. The van der Waals surface area contributed by atoms with Gasteiger partial charge in [-0.2, -0.15) is 9.37 Å². The van der Waals surface area contributed by atoms with Crippen LogP contribution < -0.4 is 10.5 Å². The van der Waals surface area contributed by atoms with Crippen LogP contribution in [0.2, 0.25) is 0 Å². The van der Waals surface area contributed by atoms with Gasteiger partial charge >= 0.3 is 6.08 Å². The average molecular weight is 177 g/mol. The summed E-state index contributed by atoms with van der Waals surface area (Å²) in [5.74, 6) is -0.638. The van der Waals surface area contributed by atoms with Crippen LogP contribution in [0.5, 0.6) is 5.19 Å². The van der Waals surface area contributed by atoms with Crippen molar-refractivity contribution in [2.24, 2.45) is 5.73 Å². The van der Waals surface area contributed by atoms with Gasteiger partial charge in [-0.25, -0.2) is 0 Å². The van der Waals surface area contributed by atoms with E-state index in [1.807, 2.05) is 0 Å². The summed E-state index contributed by atoms with van der Waals surface area (Å²) in [4.78, 5) is 13.3. The molecule has 0 aliphatic heterocycles. The Morgan fingerprint density at radius 3 is 3.00 bits per heavy atom. The summed E-state index contributed by atoms with van der Waals surface area (Å²) in [5.41, 5.74) is 4.75. The lowest BCUT2D eigenvalue weighted by molar-refractivity contribution is -0.119. The number of halogens is 1. The number of ether oxygens (including phenoxy) is 1. The largest absolute Gasteiger partial charge is 0.459 e. The number of amides is 1. The Balaban J connectivity index is 2.45. The average Bonchev–Trinajstić information content (AvgIpc) is 2.31. The van der Waals surface area contributed by atoms with Gasteiger partial charge < -0.3 is 10.5 Å².